The summed E-state index contributed by atoms with van der Waals surface area (Å²) in [6.07, 6.45) is 0. The van der Waals surface area contributed by atoms with E-state index in [2.05, 4.69) is 60.4 Å². The summed E-state index contributed by atoms with van der Waals surface area (Å²) in [7, 11) is -1.68. The molecule has 0 atom stereocenters. The molecule has 0 heterocycles. The first-order chi connectivity index (χ1) is 5.27. The maximum Gasteiger partial charge on any atom is 0.0688 e. The highest BCUT2D eigenvalue weighted by Crippen LogP contribution is 2.17. The minimum atomic E-state index is -0.875. The van der Waals surface area contributed by atoms with Crippen LogP contribution in [-0.4, -0.2) is 31.9 Å². The Morgan fingerprint density at radius 3 is 1.83 bits per heavy atom. The van der Waals surface area contributed by atoms with Gasteiger partial charge in [0.2, 0.25) is 0 Å². The monoisotopic (exact) mass is 284 g/mol. The Morgan fingerprint density at radius 1 is 1.00 bits per heavy atom. The Hall–Kier alpha value is 1.26. The van der Waals surface area contributed by atoms with Crippen LogP contribution in [-0.2, 0) is 0 Å². The van der Waals surface area contributed by atoms with Gasteiger partial charge in [0.25, 0.3) is 0 Å². The predicted molar refractivity (Wildman–Crippen MR) is 71.9 cm³/mol. The van der Waals surface area contributed by atoms with E-state index >= 15 is 0 Å². The van der Waals surface area contributed by atoms with Crippen LogP contribution in [0.3, 0.4) is 0 Å². The zero-order valence-corrected chi connectivity index (χ0v) is 13.3. The van der Waals surface area contributed by atoms with Gasteiger partial charge in [0.1, 0.15) is 0 Å². The number of hydrogen-bond donors (Lipinski definition) is 0. The van der Waals surface area contributed by atoms with Gasteiger partial charge in [0.05, 0.1) is 16.1 Å². The highest BCUT2D eigenvalue weighted by atomic mass is 79.9. The molecule has 74 valence electrons. The summed E-state index contributed by atoms with van der Waals surface area (Å²) in [5, 5.41) is 2.85. The molecule has 0 aromatic heterocycles. The molecule has 0 nitrogen and oxygen atoms in total. The van der Waals surface area contributed by atoms with Crippen LogP contribution >= 0.6 is 27.7 Å². The third-order valence-corrected chi connectivity index (χ3v) is 14.9. The standard InChI is InChI=1S/C8H21BrSSi2/c1-11(2,3)7-10-8-12(4,5)6-9/h6-8H2,1-5H3. The highest BCUT2D eigenvalue weighted by molar-refractivity contribution is 9.09. The molecule has 0 amide bonds. The van der Waals surface area contributed by atoms with Crippen molar-refractivity contribution in [2.75, 3.05) is 15.7 Å². The van der Waals surface area contributed by atoms with Crippen LogP contribution in [0.25, 0.3) is 0 Å². The second-order valence-corrected chi connectivity index (χ2v) is 19.5. The van der Waals surface area contributed by atoms with E-state index in [1.807, 2.05) is 0 Å². The van der Waals surface area contributed by atoms with Crippen molar-refractivity contribution >= 4 is 43.8 Å². The zero-order chi connectivity index (χ0) is 9.83. The summed E-state index contributed by atoms with van der Waals surface area (Å²) in [6.45, 7) is 12.3. The van der Waals surface area contributed by atoms with E-state index < -0.39 is 16.1 Å². The molecule has 4 heteroatoms. The van der Waals surface area contributed by atoms with Crippen LogP contribution in [0.2, 0.25) is 32.7 Å². The molecule has 0 aliphatic rings. The van der Waals surface area contributed by atoms with Crippen molar-refractivity contribution in [2.24, 2.45) is 0 Å². The largest absolute Gasteiger partial charge is 0.168 e. The fourth-order valence-electron chi connectivity index (χ4n) is 0.672. The van der Waals surface area contributed by atoms with Crippen LogP contribution in [0.15, 0.2) is 0 Å². The summed E-state index contributed by atoms with van der Waals surface area (Å²) >= 11 is 5.80. The Kier molecular flexibility index (Phi) is 5.77. The SMILES string of the molecule is C[Si](C)(C)CSC[Si](C)(C)CBr. The zero-order valence-electron chi connectivity index (χ0n) is 8.91. The van der Waals surface area contributed by atoms with Crippen LogP contribution in [0.4, 0.5) is 0 Å². The summed E-state index contributed by atoms with van der Waals surface area (Å²) in [6, 6.07) is 0. The first kappa shape index (κ1) is 13.3. The Morgan fingerprint density at radius 2 is 1.50 bits per heavy atom. The Bertz CT molecular complexity index is 132. The first-order valence-corrected chi connectivity index (χ1v) is 13.8. The quantitative estimate of drug-likeness (QED) is 0.547. The van der Waals surface area contributed by atoms with Gasteiger partial charge in [0, 0.05) is 0 Å². The molecule has 0 radical (unpaired) electrons. The number of hydrogen-bond acceptors (Lipinski definition) is 1. The van der Waals surface area contributed by atoms with Crippen LogP contribution in [0, 0.1) is 0 Å². The number of halogens is 1. The molecule has 0 unspecified atom stereocenters. The molecule has 0 aromatic rings. The molecular formula is C8H21BrSSi2. The van der Waals surface area contributed by atoms with E-state index in [-0.39, 0.29) is 0 Å². The molecule has 0 aromatic carbocycles. The predicted octanol–water partition coefficient (Wildman–Crippen LogP) is 3.78. The van der Waals surface area contributed by atoms with Gasteiger partial charge >= 0.3 is 0 Å². The van der Waals surface area contributed by atoms with Crippen molar-refractivity contribution < 1.29 is 0 Å². The summed E-state index contributed by atoms with van der Waals surface area (Å²) in [5.41, 5.74) is 0. The van der Waals surface area contributed by atoms with E-state index in [1.165, 1.54) is 15.7 Å². The maximum absolute atomic E-state index is 3.61. The van der Waals surface area contributed by atoms with Crippen molar-refractivity contribution in [3.05, 3.63) is 0 Å². The van der Waals surface area contributed by atoms with Gasteiger partial charge in [-0.15, -0.1) is 0 Å². The molecule has 0 aliphatic carbocycles. The lowest BCUT2D eigenvalue weighted by Crippen LogP contribution is -2.34. The molecule has 0 rings (SSSR count). The van der Waals surface area contributed by atoms with Gasteiger partial charge in [-0.25, -0.2) is 0 Å². The second kappa shape index (κ2) is 5.22. The molecule has 0 bridgehead atoms. The average Bonchev–Trinajstić information content (AvgIpc) is 1.84. The molecular weight excluding hydrogens is 264 g/mol. The fraction of sp³-hybridized carbons (Fsp3) is 1.00. The summed E-state index contributed by atoms with van der Waals surface area (Å²) in [5.74, 6) is 0. The number of rotatable bonds is 5. The number of alkyl halides is 1. The Balaban J connectivity index is 3.57. The molecule has 0 spiro atoms. The maximum atomic E-state index is 3.61. The average molecular weight is 285 g/mol. The van der Waals surface area contributed by atoms with Gasteiger partial charge in [0.15, 0.2) is 0 Å². The van der Waals surface area contributed by atoms with Gasteiger partial charge in [-0.05, 0) is 15.7 Å². The second-order valence-electron chi connectivity index (χ2n) is 5.35. The molecule has 0 aliphatic heterocycles. The normalized spacial score (nSPS) is 13.5. The smallest absolute Gasteiger partial charge is 0.0688 e. The van der Waals surface area contributed by atoms with Gasteiger partial charge in [-0.1, -0.05) is 48.7 Å². The minimum absolute atomic E-state index is 0.800. The van der Waals surface area contributed by atoms with E-state index in [4.69, 9.17) is 0 Å². The van der Waals surface area contributed by atoms with E-state index in [9.17, 15) is 0 Å². The number of thioether (sulfide) groups is 1. The van der Waals surface area contributed by atoms with Crippen molar-refractivity contribution in [3.8, 4) is 0 Å². The van der Waals surface area contributed by atoms with E-state index in [0.717, 1.165) is 0 Å². The topological polar surface area (TPSA) is 0 Å². The third kappa shape index (κ3) is 7.89. The first-order valence-electron chi connectivity index (χ1n) is 4.41. The van der Waals surface area contributed by atoms with Crippen molar-refractivity contribution in [3.63, 3.8) is 0 Å². The minimum Gasteiger partial charge on any atom is -0.168 e. The van der Waals surface area contributed by atoms with Gasteiger partial charge < -0.3 is 0 Å². The van der Waals surface area contributed by atoms with Crippen LogP contribution in [0.1, 0.15) is 0 Å². The summed E-state index contributed by atoms with van der Waals surface area (Å²) in [4.78, 5) is 1.25. The van der Waals surface area contributed by atoms with Crippen LogP contribution < -0.4 is 0 Å². The lowest BCUT2D eigenvalue weighted by Gasteiger charge is -2.21. The highest BCUT2D eigenvalue weighted by Gasteiger charge is 2.20. The van der Waals surface area contributed by atoms with E-state index in [0.29, 0.717) is 0 Å². The van der Waals surface area contributed by atoms with Crippen molar-refractivity contribution in [1.29, 1.82) is 0 Å². The summed E-state index contributed by atoms with van der Waals surface area (Å²) < 4.78 is 0. The van der Waals surface area contributed by atoms with Gasteiger partial charge in [-0.3, -0.25) is 0 Å². The molecule has 12 heavy (non-hydrogen) atoms. The van der Waals surface area contributed by atoms with Crippen molar-refractivity contribution in [2.45, 2.75) is 32.7 Å². The molecule has 0 N–H and O–H groups in total. The fourth-order valence-corrected chi connectivity index (χ4v) is 8.42. The lowest BCUT2D eigenvalue weighted by molar-refractivity contribution is 1.63. The third-order valence-electron chi connectivity index (χ3n) is 1.39. The molecule has 0 fully saturated rings. The van der Waals surface area contributed by atoms with Crippen LogP contribution in [0.5, 0.6) is 0 Å². The lowest BCUT2D eigenvalue weighted by atomic mass is 11.7. The molecule has 0 saturated carbocycles. The molecule has 0 saturated heterocycles. The Labute approximate surface area is 92.0 Å². The van der Waals surface area contributed by atoms with E-state index in [1.54, 1.807) is 0 Å². The van der Waals surface area contributed by atoms with Crippen molar-refractivity contribution in [1.82, 2.24) is 0 Å². The van der Waals surface area contributed by atoms with Gasteiger partial charge in [-0.2, -0.15) is 11.8 Å².